The number of rotatable bonds is 2. The van der Waals surface area contributed by atoms with E-state index in [4.69, 9.17) is 0 Å². The summed E-state index contributed by atoms with van der Waals surface area (Å²) in [7, 11) is -3.41. The van der Waals surface area contributed by atoms with Crippen LogP contribution in [0.2, 0.25) is 0 Å². The lowest BCUT2D eigenvalue weighted by Crippen LogP contribution is -2.39. The minimum Gasteiger partial charge on any atom is -0.313 e. The van der Waals surface area contributed by atoms with Crippen LogP contribution >= 0.6 is 0 Å². The predicted molar refractivity (Wildman–Crippen MR) is 48.6 cm³/mol. The van der Waals surface area contributed by atoms with Crippen molar-refractivity contribution in [3.63, 3.8) is 0 Å². The van der Waals surface area contributed by atoms with Gasteiger partial charge in [-0.1, -0.05) is 0 Å². The topological polar surface area (TPSA) is 75.3 Å². The minimum atomic E-state index is -3.41. The molecular weight excluding hydrogens is 192 g/mol. The number of nitrogens with one attached hydrogen (secondary N) is 2. The van der Waals surface area contributed by atoms with Gasteiger partial charge in [0, 0.05) is 6.04 Å². The van der Waals surface area contributed by atoms with E-state index in [1.165, 1.54) is 0 Å². The standard InChI is InChI=1S/C7H14N2O3S/c1-5-6(3-4-8-5)7(10)9-13(2,11)12/h5-6,8H,3-4H2,1-2H3,(H,9,10). The molecule has 0 bridgehead atoms. The maximum Gasteiger partial charge on any atom is 0.238 e. The number of carbonyl (C=O) groups excluding carboxylic acids is 1. The van der Waals surface area contributed by atoms with Crippen molar-refractivity contribution in [1.29, 1.82) is 0 Å². The molecule has 0 aliphatic carbocycles. The van der Waals surface area contributed by atoms with Gasteiger partial charge in [0.25, 0.3) is 0 Å². The van der Waals surface area contributed by atoms with Gasteiger partial charge in [0.1, 0.15) is 0 Å². The SMILES string of the molecule is CC1NCCC1C(=O)NS(C)(=O)=O. The Morgan fingerprint density at radius 1 is 1.54 bits per heavy atom. The van der Waals surface area contributed by atoms with Crippen molar-refractivity contribution in [2.45, 2.75) is 19.4 Å². The van der Waals surface area contributed by atoms with E-state index in [2.05, 4.69) is 5.32 Å². The summed E-state index contributed by atoms with van der Waals surface area (Å²) in [6.45, 7) is 2.64. The van der Waals surface area contributed by atoms with Crippen LogP contribution in [0, 0.1) is 5.92 Å². The van der Waals surface area contributed by atoms with E-state index in [1.807, 2.05) is 11.6 Å². The van der Waals surface area contributed by atoms with Gasteiger partial charge in [-0.05, 0) is 19.9 Å². The molecule has 0 aromatic rings. The number of hydrogen-bond donors (Lipinski definition) is 2. The van der Waals surface area contributed by atoms with Gasteiger partial charge in [-0.25, -0.2) is 8.42 Å². The van der Waals surface area contributed by atoms with Gasteiger partial charge < -0.3 is 5.32 Å². The van der Waals surface area contributed by atoms with Crippen molar-refractivity contribution in [1.82, 2.24) is 10.0 Å². The fraction of sp³-hybridized carbons (Fsp3) is 0.857. The van der Waals surface area contributed by atoms with E-state index in [-0.39, 0.29) is 12.0 Å². The third-order valence-electron chi connectivity index (χ3n) is 2.15. The van der Waals surface area contributed by atoms with Crippen LogP contribution in [0.5, 0.6) is 0 Å². The first-order chi connectivity index (χ1) is 5.90. The first kappa shape index (κ1) is 10.5. The fourth-order valence-electron chi connectivity index (χ4n) is 1.48. The van der Waals surface area contributed by atoms with Gasteiger partial charge in [-0.3, -0.25) is 9.52 Å². The third kappa shape index (κ3) is 2.96. The second-order valence-electron chi connectivity index (χ2n) is 3.38. The molecule has 1 aliphatic rings. The second kappa shape index (κ2) is 3.63. The first-order valence-corrected chi connectivity index (χ1v) is 6.04. The molecule has 0 saturated carbocycles. The zero-order chi connectivity index (χ0) is 10.1. The Balaban J connectivity index is 2.58. The van der Waals surface area contributed by atoms with Crippen LogP contribution < -0.4 is 10.0 Å². The van der Waals surface area contributed by atoms with E-state index in [9.17, 15) is 13.2 Å². The molecule has 2 N–H and O–H groups in total. The fourth-order valence-corrected chi connectivity index (χ4v) is 1.99. The van der Waals surface area contributed by atoms with Crippen molar-refractivity contribution in [2.24, 2.45) is 5.92 Å². The minimum absolute atomic E-state index is 0.0572. The first-order valence-electron chi connectivity index (χ1n) is 4.15. The highest BCUT2D eigenvalue weighted by Crippen LogP contribution is 2.14. The molecule has 2 atom stereocenters. The molecule has 1 saturated heterocycles. The summed E-state index contributed by atoms with van der Waals surface area (Å²) < 4.78 is 23.5. The monoisotopic (exact) mass is 206 g/mol. The average molecular weight is 206 g/mol. The lowest BCUT2D eigenvalue weighted by atomic mass is 10.0. The molecule has 5 nitrogen and oxygen atoms in total. The van der Waals surface area contributed by atoms with Crippen molar-refractivity contribution in [2.75, 3.05) is 12.8 Å². The lowest BCUT2D eigenvalue weighted by Gasteiger charge is -2.13. The Bertz CT molecular complexity index is 299. The molecule has 1 fully saturated rings. The van der Waals surface area contributed by atoms with E-state index in [0.29, 0.717) is 6.42 Å². The van der Waals surface area contributed by atoms with Gasteiger partial charge in [-0.15, -0.1) is 0 Å². The molecule has 0 radical (unpaired) electrons. The Morgan fingerprint density at radius 2 is 2.15 bits per heavy atom. The number of carbonyl (C=O) groups is 1. The summed E-state index contributed by atoms with van der Waals surface area (Å²) in [5.41, 5.74) is 0. The molecule has 6 heteroatoms. The number of amides is 1. The third-order valence-corrected chi connectivity index (χ3v) is 2.72. The van der Waals surface area contributed by atoms with Crippen molar-refractivity contribution >= 4 is 15.9 Å². The lowest BCUT2D eigenvalue weighted by molar-refractivity contribution is -0.123. The smallest absolute Gasteiger partial charge is 0.238 e. The van der Waals surface area contributed by atoms with E-state index in [1.54, 1.807) is 0 Å². The van der Waals surface area contributed by atoms with Crippen LogP contribution in [-0.4, -0.2) is 33.2 Å². The molecule has 0 aromatic carbocycles. The zero-order valence-electron chi connectivity index (χ0n) is 7.70. The van der Waals surface area contributed by atoms with Crippen LogP contribution in [0.1, 0.15) is 13.3 Å². The van der Waals surface area contributed by atoms with Gasteiger partial charge in [-0.2, -0.15) is 0 Å². The van der Waals surface area contributed by atoms with Gasteiger partial charge in [0.15, 0.2) is 0 Å². The van der Waals surface area contributed by atoms with Crippen LogP contribution in [0.15, 0.2) is 0 Å². The predicted octanol–water partition coefficient (Wildman–Crippen LogP) is -0.940. The summed E-state index contributed by atoms with van der Waals surface area (Å²) in [5.74, 6) is -0.630. The second-order valence-corrected chi connectivity index (χ2v) is 5.12. The summed E-state index contributed by atoms with van der Waals surface area (Å²) in [4.78, 5) is 11.3. The maximum absolute atomic E-state index is 11.3. The number of sulfonamides is 1. The Hall–Kier alpha value is -0.620. The molecule has 1 rings (SSSR count). The summed E-state index contributed by atoms with van der Waals surface area (Å²) in [5, 5.41) is 3.08. The van der Waals surface area contributed by atoms with Crippen LogP contribution in [-0.2, 0) is 14.8 Å². The highest BCUT2D eigenvalue weighted by Gasteiger charge is 2.30. The summed E-state index contributed by atoms with van der Waals surface area (Å²) >= 11 is 0. The zero-order valence-corrected chi connectivity index (χ0v) is 8.52. The quantitative estimate of drug-likeness (QED) is 0.611. The van der Waals surface area contributed by atoms with E-state index >= 15 is 0 Å². The highest BCUT2D eigenvalue weighted by molar-refractivity contribution is 7.89. The molecule has 1 heterocycles. The molecule has 76 valence electrons. The van der Waals surface area contributed by atoms with Crippen molar-refractivity contribution < 1.29 is 13.2 Å². The molecule has 2 unspecified atom stereocenters. The van der Waals surface area contributed by atoms with Crippen molar-refractivity contribution in [3.05, 3.63) is 0 Å². The normalized spacial score (nSPS) is 28.8. The van der Waals surface area contributed by atoms with Gasteiger partial charge in [0.2, 0.25) is 15.9 Å². The van der Waals surface area contributed by atoms with Crippen LogP contribution in [0.25, 0.3) is 0 Å². The Labute approximate surface area is 77.9 Å². The van der Waals surface area contributed by atoms with Gasteiger partial charge in [0.05, 0.1) is 12.2 Å². The average Bonchev–Trinajstić information content (AvgIpc) is 2.30. The maximum atomic E-state index is 11.3. The molecule has 1 amide bonds. The molecular formula is C7H14N2O3S. The highest BCUT2D eigenvalue weighted by atomic mass is 32.2. The Kier molecular flexibility index (Phi) is 2.92. The summed E-state index contributed by atoms with van der Waals surface area (Å²) in [6.07, 6.45) is 1.68. The summed E-state index contributed by atoms with van der Waals surface area (Å²) in [6, 6.07) is 0.0572. The van der Waals surface area contributed by atoms with Crippen molar-refractivity contribution in [3.8, 4) is 0 Å². The van der Waals surface area contributed by atoms with E-state index < -0.39 is 15.9 Å². The molecule has 13 heavy (non-hydrogen) atoms. The molecule has 1 aliphatic heterocycles. The molecule has 0 spiro atoms. The van der Waals surface area contributed by atoms with Crippen LogP contribution in [0.3, 0.4) is 0 Å². The van der Waals surface area contributed by atoms with Gasteiger partial charge >= 0.3 is 0 Å². The van der Waals surface area contributed by atoms with Crippen LogP contribution in [0.4, 0.5) is 0 Å². The largest absolute Gasteiger partial charge is 0.313 e. The molecule has 0 aromatic heterocycles. The number of hydrogen-bond acceptors (Lipinski definition) is 4. The van der Waals surface area contributed by atoms with E-state index in [0.717, 1.165) is 12.8 Å². The Morgan fingerprint density at radius 3 is 2.54 bits per heavy atom.